The first-order chi connectivity index (χ1) is 7.38. The lowest BCUT2D eigenvalue weighted by molar-refractivity contribution is -0.0313. The first-order valence-corrected chi connectivity index (χ1v) is 5.26. The zero-order valence-electron chi connectivity index (χ0n) is 8.98. The number of likely N-dealkylation sites (N-methyl/N-ethyl adjacent to an activating group) is 1. The maximum atomic E-state index is 5.62. The number of aromatic nitrogens is 1. The van der Waals surface area contributed by atoms with Crippen molar-refractivity contribution in [3.05, 3.63) is 18.0 Å². The van der Waals surface area contributed by atoms with E-state index in [2.05, 4.69) is 15.4 Å². The second-order valence-electron chi connectivity index (χ2n) is 3.76. The molecule has 1 N–H and O–H groups in total. The normalized spacial score (nSPS) is 23.1. The Morgan fingerprint density at radius 1 is 1.67 bits per heavy atom. The Morgan fingerprint density at radius 3 is 3.33 bits per heavy atom. The Bertz CT molecular complexity index is 274. The van der Waals surface area contributed by atoms with Gasteiger partial charge in [-0.05, 0) is 7.05 Å². The van der Waals surface area contributed by atoms with Crippen LogP contribution in [0.25, 0.3) is 0 Å². The van der Waals surface area contributed by atoms with Gasteiger partial charge >= 0.3 is 0 Å². The van der Waals surface area contributed by atoms with Crippen LogP contribution in [-0.4, -0.2) is 49.4 Å². The molecular weight excluding hydrogens is 194 g/mol. The van der Waals surface area contributed by atoms with Crippen molar-refractivity contribution in [2.24, 2.45) is 0 Å². The molecule has 15 heavy (non-hydrogen) atoms. The molecule has 1 atom stereocenters. The number of nitrogens with one attached hydrogen (secondary N) is 1. The Morgan fingerprint density at radius 2 is 2.60 bits per heavy atom. The number of hydrogen-bond acceptors (Lipinski definition) is 5. The van der Waals surface area contributed by atoms with E-state index in [0.29, 0.717) is 0 Å². The Hall–Kier alpha value is -0.910. The van der Waals surface area contributed by atoms with Gasteiger partial charge in [0.2, 0.25) is 0 Å². The van der Waals surface area contributed by atoms with E-state index in [1.165, 1.54) is 0 Å². The van der Waals surface area contributed by atoms with Gasteiger partial charge in [0.1, 0.15) is 0 Å². The molecule has 0 bridgehead atoms. The first kappa shape index (κ1) is 10.6. The topological polar surface area (TPSA) is 50.5 Å². The zero-order chi connectivity index (χ0) is 10.5. The fourth-order valence-electron chi connectivity index (χ4n) is 1.82. The summed E-state index contributed by atoms with van der Waals surface area (Å²) < 4.78 is 10.7. The van der Waals surface area contributed by atoms with Crippen LogP contribution in [0, 0.1) is 0 Å². The average Bonchev–Trinajstić information content (AvgIpc) is 2.71. The smallest absolute Gasteiger partial charge is 0.150 e. The number of hydrogen-bond donors (Lipinski definition) is 1. The molecule has 5 nitrogen and oxygen atoms in total. The molecule has 5 heteroatoms. The number of rotatable bonds is 4. The second kappa shape index (κ2) is 5.25. The highest BCUT2D eigenvalue weighted by atomic mass is 16.5. The van der Waals surface area contributed by atoms with Crippen molar-refractivity contribution in [1.82, 2.24) is 15.4 Å². The molecular formula is C10H17N3O2. The molecule has 1 unspecified atom stereocenters. The SMILES string of the molecule is CNCC1CN(Cc2ccno2)CCO1. The molecule has 0 spiro atoms. The van der Waals surface area contributed by atoms with Crippen molar-refractivity contribution < 1.29 is 9.26 Å². The van der Waals surface area contributed by atoms with Gasteiger partial charge in [-0.1, -0.05) is 5.16 Å². The molecule has 84 valence electrons. The summed E-state index contributed by atoms with van der Waals surface area (Å²) in [6.45, 7) is 4.42. The van der Waals surface area contributed by atoms with Crippen molar-refractivity contribution >= 4 is 0 Å². The predicted molar refractivity (Wildman–Crippen MR) is 55.4 cm³/mol. The van der Waals surface area contributed by atoms with Crippen LogP contribution in [0.2, 0.25) is 0 Å². The standard InChI is InChI=1S/C10H17N3O2/c1-11-6-10-8-13(4-5-14-10)7-9-2-3-12-15-9/h2-3,10-11H,4-8H2,1H3. The molecule has 1 aliphatic rings. The highest BCUT2D eigenvalue weighted by molar-refractivity contribution is 4.93. The zero-order valence-corrected chi connectivity index (χ0v) is 8.98. The summed E-state index contributed by atoms with van der Waals surface area (Å²) in [7, 11) is 1.94. The summed E-state index contributed by atoms with van der Waals surface area (Å²) >= 11 is 0. The predicted octanol–water partition coefficient (Wildman–Crippen LogP) is 0.0948. The van der Waals surface area contributed by atoms with Crippen LogP contribution < -0.4 is 5.32 Å². The minimum Gasteiger partial charge on any atom is -0.374 e. The fraction of sp³-hybridized carbons (Fsp3) is 0.700. The molecule has 0 aliphatic carbocycles. The summed E-state index contributed by atoms with van der Waals surface area (Å²) in [6.07, 6.45) is 1.97. The van der Waals surface area contributed by atoms with Crippen molar-refractivity contribution in [3.8, 4) is 0 Å². The van der Waals surface area contributed by atoms with Crippen LogP contribution in [-0.2, 0) is 11.3 Å². The Kier molecular flexibility index (Phi) is 3.71. The monoisotopic (exact) mass is 211 g/mol. The minimum absolute atomic E-state index is 0.284. The number of ether oxygens (including phenoxy) is 1. The molecule has 1 aliphatic heterocycles. The van der Waals surface area contributed by atoms with E-state index in [0.717, 1.165) is 38.5 Å². The van der Waals surface area contributed by atoms with Crippen LogP contribution >= 0.6 is 0 Å². The molecule has 1 saturated heterocycles. The van der Waals surface area contributed by atoms with Crippen molar-refractivity contribution in [2.45, 2.75) is 12.6 Å². The van der Waals surface area contributed by atoms with E-state index in [9.17, 15) is 0 Å². The van der Waals surface area contributed by atoms with E-state index in [1.807, 2.05) is 13.1 Å². The molecule has 2 heterocycles. The molecule has 0 radical (unpaired) electrons. The van der Waals surface area contributed by atoms with Gasteiger partial charge in [-0.15, -0.1) is 0 Å². The quantitative estimate of drug-likeness (QED) is 0.765. The second-order valence-corrected chi connectivity index (χ2v) is 3.76. The van der Waals surface area contributed by atoms with E-state index in [4.69, 9.17) is 9.26 Å². The van der Waals surface area contributed by atoms with E-state index < -0.39 is 0 Å². The van der Waals surface area contributed by atoms with Gasteiger partial charge in [0, 0.05) is 25.7 Å². The summed E-state index contributed by atoms with van der Waals surface area (Å²) in [5.41, 5.74) is 0. The van der Waals surface area contributed by atoms with Crippen LogP contribution in [0.5, 0.6) is 0 Å². The first-order valence-electron chi connectivity index (χ1n) is 5.26. The molecule has 1 aromatic heterocycles. The minimum atomic E-state index is 0.284. The van der Waals surface area contributed by atoms with Crippen molar-refractivity contribution in [1.29, 1.82) is 0 Å². The lowest BCUT2D eigenvalue weighted by atomic mass is 10.2. The summed E-state index contributed by atoms with van der Waals surface area (Å²) in [4.78, 5) is 2.33. The Labute approximate surface area is 89.4 Å². The van der Waals surface area contributed by atoms with Gasteiger partial charge in [0.05, 0.1) is 25.5 Å². The molecule has 1 aromatic rings. The van der Waals surface area contributed by atoms with E-state index in [-0.39, 0.29) is 6.10 Å². The van der Waals surface area contributed by atoms with Crippen LogP contribution in [0.3, 0.4) is 0 Å². The molecule has 0 saturated carbocycles. The van der Waals surface area contributed by atoms with Crippen molar-refractivity contribution in [3.63, 3.8) is 0 Å². The van der Waals surface area contributed by atoms with Gasteiger partial charge in [-0.25, -0.2) is 0 Å². The molecule has 0 amide bonds. The third kappa shape index (κ3) is 3.02. The van der Waals surface area contributed by atoms with Gasteiger partial charge in [-0.2, -0.15) is 0 Å². The molecule has 1 fully saturated rings. The van der Waals surface area contributed by atoms with Crippen LogP contribution in [0.1, 0.15) is 5.76 Å². The molecule has 2 rings (SSSR count). The van der Waals surface area contributed by atoms with Crippen molar-refractivity contribution in [2.75, 3.05) is 33.3 Å². The Balaban J connectivity index is 1.82. The summed E-state index contributed by atoms with van der Waals surface area (Å²) in [6, 6.07) is 1.91. The lowest BCUT2D eigenvalue weighted by Crippen LogP contribution is -2.45. The lowest BCUT2D eigenvalue weighted by Gasteiger charge is -2.32. The van der Waals surface area contributed by atoms with Crippen LogP contribution in [0.15, 0.2) is 16.8 Å². The third-order valence-electron chi connectivity index (χ3n) is 2.53. The molecule has 0 aromatic carbocycles. The summed E-state index contributed by atoms with van der Waals surface area (Å²) in [5.74, 6) is 0.917. The third-order valence-corrected chi connectivity index (χ3v) is 2.53. The highest BCUT2D eigenvalue weighted by Crippen LogP contribution is 2.09. The van der Waals surface area contributed by atoms with Gasteiger partial charge in [0.25, 0.3) is 0 Å². The fourth-order valence-corrected chi connectivity index (χ4v) is 1.82. The van der Waals surface area contributed by atoms with Gasteiger partial charge in [-0.3, -0.25) is 4.90 Å². The average molecular weight is 211 g/mol. The van der Waals surface area contributed by atoms with E-state index in [1.54, 1.807) is 6.20 Å². The maximum Gasteiger partial charge on any atom is 0.150 e. The van der Waals surface area contributed by atoms with E-state index >= 15 is 0 Å². The van der Waals surface area contributed by atoms with Gasteiger partial charge < -0.3 is 14.6 Å². The largest absolute Gasteiger partial charge is 0.374 e. The number of nitrogens with zero attached hydrogens (tertiary/aromatic N) is 2. The highest BCUT2D eigenvalue weighted by Gasteiger charge is 2.20. The van der Waals surface area contributed by atoms with Crippen LogP contribution in [0.4, 0.5) is 0 Å². The maximum absolute atomic E-state index is 5.62. The number of morpholine rings is 1. The van der Waals surface area contributed by atoms with Gasteiger partial charge in [0.15, 0.2) is 5.76 Å². The summed E-state index contributed by atoms with van der Waals surface area (Å²) in [5, 5.41) is 6.83.